The summed E-state index contributed by atoms with van der Waals surface area (Å²) >= 11 is 1.24. The minimum absolute atomic E-state index is 0.0188. The molecule has 0 unspecified atom stereocenters. The third-order valence-corrected chi connectivity index (χ3v) is 4.85. The van der Waals surface area contributed by atoms with E-state index in [0.29, 0.717) is 13.1 Å². The van der Waals surface area contributed by atoms with E-state index in [4.69, 9.17) is 10.5 Å². The van der Waals surface area contributed by atoms with Gasteiger partial charge in [-0.25, -0.2) is 0 Å². The summed E-state index contributed by atoms with van der Waals surface area (Å²) in [7, 11) is 0. The van der Waals surface area contributed by atoms with E-state index in [1.54, 1.807) is 4.57 Å². The van der Waals surface area contributed by atoms with Crippen molar-refractivity contribution in [2.24, 2.45) is 5.73 Å². The van der Waals surface area contributed by atoms with E-state index in [9.17, 15) is 4.79 Å². The average Bonchev–Trinajstić information content (AvgIpc) is 2.85. The van der Waals surface area contributed by atoms with Crippen LogP contribution in [0.1, 0.15) is 31.7 Å². The molecule has 2 N–H and O–H groups in total. The molecule has 0 atom stereocenters. The Kier molecular flexibility index (Phi) is 7.28. The third-order valence-electron chi connectivity index (χ3n) is 3.83. The van der Waals surface area contributed by atoms with Crippen molar-refractivity contribution in [3.8, 4) is 5.75 Å². The Morgan fingerprint density at radius 1 is 1.33 bits per heavy atom. The van der Waals surface area contributed by atoms with Crippen LogP contribution < -0.4 is 25.2 Å². The van der Waals surface area contributed by atoms with Gasteiger partial charge in [-0.05, 0) is 37.0 Å². The van der Waals surface area contributed by atoms with Gasteiger partial charge in [-0.2, -0.15) is 0 Å². The Hall–Kier alpha value is -1.85. The van der Waals surface area contributed by atoms with Gasteiger partial charge in [-0.15, -0.1) is 0 Å². The van der Waals surface area contributed by atoms with Gasteiger partial charge in [0.05, 0.1) is 16.5 Å². The number of unbranched alkanes of at least 4 members (excludes halogenated alkanes) is 1. The van der Waals surface area contributed by atoms with Crippen molar-refractivity contribution in [3.63, 3.8) is 0 Å². The van der Waals surface area contributed by atoms with Crippen LogP contribution in [0.25, 0.3) is 12.7 Å². The molecule has 4 nitrogen and oxygen atoms in total. The molecule has 0 saturated heterocycles. The quantitative estimate of drug-likeness (QED) is 0.705. The fourth-order valence-corrected chi connectivity index (χ4v) is 3.35. The highest BCUT2D eigenvalue weighted by atomic mass is 32.1. The van der Waals surface area contributed by atoms with E-state index < -0.39 is 0 Å². The van der Waals surface area contributed by atoms with E-state index in [1.807, 2.05) is 12.1 Å². The zero-order valence-corrected chi connectivity index (χ0v) is 15.1. The van der Waals surface area contributed by atoms with Gasteiger partial charge in [0.15, 0.2) is 0 Å². The topological polar surface area (TPSA) is 57.2 Å². The number of hydrogen-bond acceptors (Lipinski definition) is 4. The van der Waals surface area contributed by atoms with Gasteiger partial charge in [0.2, 0.25) is 0 Å². The number of thiazole rings is 1. The lowest BCUT2D eigenvalue weighted by molar-refractivity contribution is 0.309. The number of aromatic nitrogens is 1. The summed E-state index contributed by atoms with van der Waals surface area (Å²) in [6, 6.07) is 8.24. The zero-order chi connectivity index (χ0) is 17.4. The van der Waals surface area contributed by atoms with E-state index in [0.717, 1.165) is 47.9 Å². The molecule has 0 saturated carbocycles. The molecule has 2 rings (SSSR count). The largest absolute Gasteiger partial charge is 0.494 e. The lowest BCUT2D eigenvalue weighted by Gasteiger charge is -2.06. The van der Waals surface area contributed by atoms with Gasteiger partial charge >= 0.3 is 4.87 Å². The minimum atomic E-state index is 0.0188. The van der Waals surface area contributed by atoms with Crippen molar-refractivity contribution in [3.05, 3.63) is 49.4 Å². The Morgan fingerprint density at radius 3 is 2.75 bits per heavy atom. The maximum Gasteiger partial charge on any atom is 0.308 e. The summed E-state index contributed by atoms with van der Waals surface area (Å²) in [5, 5.41) is 0.773. The second-order valence-electron chi connectivity index (χ2n) is 5.71. The number of ether oxygens (including phenoxy) is 1. The van der Waals surface area contributed by atoms with Crippen LogP contribution in [0.4, 0.5) is 0 Å². The molecule has 0 aliphatic heterocycles. The summed E-state index contributed by atoms with van der Waals surface area (Å²) in [5.41, 5.74) is 6.79. The second-order valence-corrected chi connectivity index (χ2v) is 6.70. The van der Waals surface area contributed by atoms with Crippen molar-refractivity contribution in [1.82, 2.24) is 4.57 Å². The predicted molar refractivity (Wildman–Crippen MR) is 102 cm³/mol. The Labute approximate surface area is 146 Å². The molecule has 0 radical (unpaired) electrons. The maximum atomic E-state index is 11.9. The zero-order valence-electron chi connectivity index (χ0n) is 14.3. The van der Waals surface area contributed by atoms with Crippen LogP contribution in [0.2, 0.25) is 0 Å². The van der Waals surface area contributed by atoms with Crippen LogP contribution in [0.3, 0.4) is 0 Å². The van der Waals surface area contributed by atoms with Gasteiger partial charge in [0.25, 0.3) is 0 Å². The normalized spacial score (nSPS) is 11.8. The van der Waals surface area contributed by atoms with Crippen LogP contribution >= 0.6 is 11.3 Å². The molecular weight excluding hydrogens is 320 g/mol. The van der Waals surface area contributed by atoms with Gasteiger partial charge in [0.1, 0.15) is 5.75 Å². The average molecular weight is 346 g/mol. The second kappa shape index (κ2) is 9.45. The molecular formula is C19H26N2O2S. The highest BCUT2D eigenvalue weighted by molar-refractivity contribution is 7.07. The summed E-state index contributed by atoms with van der Waals surface area (Å²) in [6.07, 6.45) is 6.11. The molecule has 1 aromatic carbocycles. The highest BCUT2D eigenvalue weighted by Gasteiger charge is 2.01. The maximum absolute atomic E-state index is 11.9. The minimum Gasteiger partial charge on any atom is -0.494 e. The Morgan fingerprint density at radius 2 is 2.08 bits per heavy atom. The molecule has 0 bridgehead atoms. The first-order chi connectivity index (χ1) is 11.7. The lowest BCUT2D eigenvalue weighted by atomic mass is 10.1. The van der Waals surface area contributed by atoms with E-state index in [-0.39, 0.29) is 4.87 Å². The molecule has 1 heterocycles. The van der Waals surface area contributed by atoms with Crippen molar-refractivity contribution < 1.29 is 4.74 Å². The Bertz CT molecular complexity index is 790. The van der Waals surface area contributed by atoms with Gasteiger partial charge in [-0.3, -0.25) is 9.36 Å². The van der Waals surface area contributed by atoms with Crippen LogP contribution in [0.15, 0.2) is 29.1 Å². The third kappa shape index (κ3) is 5.08. The van der Waals surface area contributed by atoms with E-state index in [2.05, 4.69) is 31.7 Å². The van der Waals surface area contributed by atoms with Crippen LogP contribution in [0.5, 0.6) is 5.75 Å². The first-order valence-corrected chi connectivity index (χ1v) is 9.28. The predicted octanol–water partition coefficient (Wildman–Crippen LogP) is 1.87. The van der Waals surface area contributed by atoms with Crippen molar-refractivity contribution in [1.29, 1.82) is 0 Å². The van der Waals surface area contributed by atoms with Gasteiger partial charge in [0, 0.05) is 13.1 Å². The number of hydrogen-bond donors (Lipinski definition) is 1. The SMILES string of the molecule is C=c1/c(=C/CCc2ccc(OCCCC)cc2)sc(=O)n1CCN. The number of nitrogens with zero attached hydrogens (tertiary/aromatic N) is 1. The monoisotopic (exact) mass is 346 g/mol. The van der Waals surface area contributed by atoms with Crippen molar-refractivity contribution >= 4 is 24.0 Å². The number of nitrogens with two attached hydrogens (primary N) is 1. The van der Waals surface area contributed by atoms with E-state index in [1.165, 1.54) is 16.9 Å². The smallest absolute Gasteiger partial charge is 0.308 e. The first-order valence-electron chi connectivity index (χ1n) is 8.46. The number of aryl methyl sites for hydroxylation is 1. The molecule has 130 valence electrons. The molecule has 0 amide bonds. The lowest BCUT2D eigenvalue weighted by Crippen LogP contribution is -2.33. The standard InChI is InChI=1S/C19H26N2O2S/c1-3-4-14-23-17-10-8-16(9-11-17)6-5-7-18-15(2)21(13-12-20)19(22)24-18/h7-11H,2-6,12-14,20H2,1H3/b18-7-. The highest BCUT2D eigenvalue weighted by Crippen LogP contribution is 2.14. The van der Waals surface area contributed by atoms with Gasteiger partial charge in [-0.1, -0.05) is 49.5 Å². The van der Waals surface area contributed by atoms with Crippen LogP contribution in [0, 0.1) is 0 Å². The van der Waals surface area contributed by atoms with Crippen molar-refractivity contribution in [2.75, 3.05) is 13.2 Å². The molecule has 5 heteroatoms. The molecule has 0 spiro atoms. The van der Waals surface area contributed by atoms with E-state index >= 15 is 0 Å². The molecule has 0 aliphatic rings. The fraction of sp³-hybridized carbons (Fsp3) is 0.421. The Balaban J connectivity index is 1.95. The molecule has 24 heavy (non-hydrogen) atoms. The number of benzene rings is 1. The molecule has 0 fully saturated rings. The summed E-state index contributed by atoms with van der Waals surface area (Å²) in [5.74, 6) is 0.924. The summed E-state index contributed by atoms with van der Waals surface area (Å²) < 4.78 is 8.27. The fourth-order valence-electron chi connectivity index (χ4n) is 2.42. The number of rotatable bonds is 9. The summed E-state index contributed by atoms with van der Waals surface area (Å²) in [6.45, 7) is 7.91. The molecule has 0 aliphatic carbocycles. The molecule has 2 aromatic rings. The molecule has 1 aromatic heterocycles. The van der Waals surface area contributed by atoms with Crippen molar-refractivity contribution in [2.45, 2.75) is 39.2 Å². The van der Waals surface area contributed by atoms with Crippen LogP contribution in [-0.2, 0) is 13.0 Å². The summed E-state index contributed by atoms with van der Waals surface area (Å²) in [4.78, 5) is 11.9. The van der Waals surface area contributed by atoms with Crippen LogP contribution in [-0.4, -0.2) is 17.7 Å². The van der Waals surface area contributed by atoms with Gasteiger partial charge < -0.3 is 10.5 Å². The first kappa shape index (κ1) is 18.5.